The highest BCUT2D eigenvalue weighted by Crippen LogP contribution is 2.42. The number of aromatic nitrogens is 4. The van der Waals surface area contributed by atoms with Crippen molar-refractivity contribution in [3.8, 4) is 17.2 Å². The maximum absolute atomic E-state index is 13.9. The fourth-order valence-corrected chi connectivity index (χ4v) is 8.17. The van der Waals surface area contributed by atoms with Crippen LogP contribution in [0.25, 0.3) is 11.0 Å². The van der Waals surface area contributed by atoms with Gasteiger partial charge in [0.1, 0.15) is 52.9 Å². The fourth-order valence-electron chi connectivity index (χ4n) is 5.81. The van der Waals surface area contributed by atoms with Gasteiger partial charge in [-0.1, -0.05) is 23.9 Å². The summed E-state index contributed by atoms with van der Waals surface area (Å²) in [6.45, 7) is 2.35. The number of nitrogens with one attached hydrogen (secondary N) is 2. The number of carbonyl (C=O) groups is 7. The fraction of sp³-hybridized carbons (Fsp3) is 0.286. The van der Waals surface area contributed by atoms with Crippen LogP contribution in [0.2, 0.25) is 0 Å². The molecule has 5 N–H and O–H groups in total. The maximum Gasteiger partial charge on any atom is 0.513 e. The van der Waals surface area contributed by atoms with Crippen LogP contribution < -0.4 is 25.5 Å². The minimum atomic E-state index is -1.61. The number of carboxylic acids is 2. The molecule has 25 heteroatoms. The number of benzene rings is 2. The van der Waals surface area contributed by atoms with E-state index in [4.69, 9.17) is 28.5 Å². The Morgan fingerprint density at radius 3 is 2.30 bits per heavy atom. The largest absolute Gasteiger partial charge is 0.513 e. The first-order chi connectivity index (χ1) is 28.7. The molecular formula is C35H31N7O16S2. The minimum Gasteiger partial charge on any atom is -0.508 e. The van der Waals surface area contributed by atoms with E-state index < -0.39 is 88.5 Å². The maximum atomic E-state index is 13.9. The molecule has 2 aromatic carbocycles. The zero-order valence-electron chi connectivity index (χ0n) is 31.0. The number of fused-ring (bicyclic) bond motifs is 2. The molecule has 2 aliphatic heterocycles. The molecule has 314 valence electrons. The van der Waals surface area contributed by atoms with Crippen LogP contribution in [0.5, 0.6) is 17.2 Å². The average molecular weight is 870 g/mol. The molecule has 0 saturated carbocycles. The molecular weight excluding hydrogens is 839 g/mol. The lowest BCUT2D eigenvalue weighted by Crippen LogP contribution is -2.71. The van der Waals surface area contributed by atoms with Gasteiger partial charge in [-0.05, 0) is 53.6 Å². The summed E-state index contributed by atoms with van der Waals surface area (Å²) in [5.74, 6) is -6.46. The van der Waals surface area contributed by atoms with Crippen LogP contribution in [0.15, 0.2) is 68.3 Å². The van der Waals surface area contributed by atoms with Gasteiger partial charge in [-0.25, -0.2) is 19.1 Å². The van der Waals surface area contributed by atoms with Crippen LogP contribution in [0.1, 0.15) is 35.8 Å². The van der Waals surface area contributed by atoms with E-state index in [1.165, 1.54) is 38.1 Å². The van der Waals surface area contributed by atoms with Crippen molar-refractivity contribution >= 4 is 76.5 Å². The summed E-state index contributed by atoms with van der Waals surface area (Å²) in [4.78, 5) is 104. The lowest BCUT2D eigenvalue weighted by atomic mass is 10.0. The monoisotopic (exact) mass is 869 g/mol. The SMILES string of the molecule is CCOC(=O)Oc1cc2occ(C(=O)NC(C(=O)N[C@@H]3C(=O)N4C(C(=O)O)=C(CSc5nnnn5CC(=O)O)CS[C@@H]34)c3ccc(O)cc3)c(=O)c2cc1OC(=O)OCC. The summed E-state index contributed by atoms with van der Waals surface area (Å²) in [7, 11) is 0. The third-order valence-electron chi connectivity index (χ3n) is 8.47. The number of thioether (sulfide) groups is 2. The van der Waals surface area contributed by atoms with E-state index in [9.17, 15) is 48.6 Å². The van der Waals surface area contributed by atoms with E-state index >= 15 is 0 Å². The Balaban J connectivity index is 1.23. The highest BCUT2D eigenvalue weighted by molar-refractivity contribution is 8.01. The smallest absolute Gasteiger partial charge is 0.508 e. The number of carboxylic acid groups (broad SMARTS) is 2. The van der Waals surface area contributed by atoms with E-state index in [0.29, 0.717) is 5.57 Å². The zero-order chi connectivity index (χ0) is 43.2. The first kappa shape index (κ1) is 42.5. The molecule has 0 spiro atoms. The topological polar surface area (TPSA) is 318 Å². The van der Waals surface area contributed by atoms with Crippen molar-refractivity contribution in [3.63, 3.8) is 0 Å². The molecule has 0 aliphatic carbocycles. The van der Waals surface area contributed by atoms with Crippen LogP contribution in [0.4, 0.5) is 9.59 Å². The normalized spacial score (nSPS) is 16.2. The molecule has 4 heterocycles. The number of phenols is 1. The summed E-state index contributed by atoms with van der Waals surface area (Å²) < 4.78 is 26.3. The van der Waals surface area contributed by atoms with E-state index in [0.717, 1.165) is 51.5 Å². The third-order valence-corrected chi connectivity index (χ3v) is 10.8. The average Bonchev–Trinajstić information content (AvgIpc) is 3.64. The zero-order valence-corrected chi connectivity index (χ0v) is 32.6. The van der Waals surface area contributed by atoms with E-state index in [1.54, 1.807) is 0 Å². The highest BCUT2D eigenvalue weighted by Gasteiger charge is 2.54. The number of aliphatic carboxylic acids is 2. The van der Waals surface area contributed by atoms with Crippen molar-refractivity contribution in [2.45, 2.75) is 43.0 Å². The Morgan fingerprint density at radius 2 is 1.67 bits per heavy atom. The molecule has 1 fully saturated rings. The molecule has 2 aliphatic rings. The minimum absolute atomic E-state index is 0.0118. The van der Waals surface area contributed by atoms with Gasteiger partial charge in [0, 0.05) is 17.6 Å². The number of rotatable bonds is 15. The van der Waals surface area contributed by atoms with Gasteiger partial charge in [-0.2, -0.15) is 0 Å². The molecule has 2 aromatic heterocycles. The number of carbonyl (C=O) groups excluding carboxylic acids is 5. The molecule has 3 amide bonds. The van der Waals surface area contributed by atoms with E-state index in [2.05, 4.69) is 26.2 Å². The standard InChI is InChI=1S/C35H31N7O16S2/c1-3-54-34(52)57-21-9-18-20(10-22(21)58-35(53)55-4-2)56-12-19(27(18)46)28(47)36-24(15-5-7-17(43)8-6-15)29(48)37-25-30(49)42-26(32(50)51)16(13-59-31(25)42)14-60-33-38-39-40-41(33)11-23(44)45/h5-10,12,24-25,31,43H,3-4,11,13-14H2,1-2H3,(H,36,47)(H,37,48)(H,44,45)(H,50,51)/t24?,25-,31+/m1/s1. The van der Waals surface area contributed by atoms with Crippen LogP contribution in [-0.2, 0) is 35.2 Å². The first-order valence-electron chi connectivity index (χ1n) is 17.4. The number of ether oxygens (including phenoxy) is 4. The number of β-lactam (4-membered cyclic amide) rings is 1. The van der Waals surface area contributed by atoms with Gasteiger partial charge in [0.2, 0.25) is 16.5 Å². The Kier molecular flexibility index (Phi) is 12.9. The Bertz CT molecular complexity index is 2490. The van der Waals surface area contributed by atoms with Gasteiger partial charge >= 0.3 is 24.2 Å². The van der Waals surface area contributed by atoms with Crippen molar-refractivity contribution < 1.29 is 72.2 Å². The summed E-state index contributed by atoms with van der Waals surface area (Å²) in [6.07, 6.45) is -1.61. The van der Waals surface area contributed by atoms with Crippen LogP contribution in [0, 0.1) is 0 Å². The van der Waals surface area contributed by atoms with Gasteiger partial charge in [0.25, 0.3) is 11.8 Å². The molecule has 23 nitrogen and oxygen atoms in total. The number of amides is 3. The van der Waals surface area contributed by atoms with E-state index in [-0.39, 0.29) is 57.9 Å². The number of tetrazole rings is 1. The van der Waals surface area contributed by atoms with Crippen molar-refractivity contribution in [3.05, 3.63) is 75.3 Å². The number of aromatic hydroxyl groups is 1. The quantitative estimate of drug-likeness (QED) is 0.0491. The Labute approximate surface area is 343 Å². The van der Waals surface area contributed by atoms with Crippen molar-refractivity contribution in [1.82, 2.24) is 35.7 Å². The summed E-state index contributed by atoms with van der Waals surface area (Å²) in [6, 6.07) is 4.20. The number of phenolic OH excluding ortho intramolecular Hbond substituents is 1. The molecule has 4 aromatic rings. The summed E-state index contributed by atoms with van der Waals surface area (Å²) >= 11 is 2.11. The molecule has 1 unspecified atom stereocenters. The predicted molar refractivity (Wildman–Crippen MR) is 202 cm³/mol. The lowest BCUT2D eigenvalue weighted by Gasteiger charge is -2.49. The Hall–Kier alpha value is -7.15. The highest BCUT2D eigenvalue weighted by atomic mass is 32.2. The second kappa shape index (κ2) is 18.2. The van der Waals surface area contributed by atoms with E-state index in [1.807, 2.05) is 0 Å². The molecule has 6 rings (SSSR count). The van der Waals surface area contributed by atoms with Crippen LogP contribution >= 0.6 is 23.5 Å². The molecule has 0 bridgehead atoms. The first-order valence-corrected chi connectivity index (χ1v) is 19.4. The lowest BCUT2D eigenvalue weighted by molar-refractivity contribution is -0.151. The molecule has 3 atom stereocenters. The number of hydrogen-bond acceptors (Lipinski definition) is 19. The van der Waals surface area contributed by atoms with Crippen molar-refractivity contribution in [2.75, 3.05) is 24.7 Å². The molecule has 0 radical (unpaired) electrons. The van der Waals surface area contributed by atoms with Gasteiger partial charge in [0.15, 0.2) is 11.5 Å². The second-order valence-electron chi connectivity index (χ2n) is 12.3. The summed E-state index contributed by atoms with van der Waals surface area (Å²) in [5.41, 5.74) is -1.74. The van der Waals surface area contributed by atoms with Crippen LogP contribution in [0.3, 0.4) is 0 Å². The van der Waals surface area contributed by atoms with Crippen molar-refractivity contribution in [2.24, 2.45) is 0 Å². The van der Waals surface area contributed by atoms with Gasteiger partial charge in [0.05, 0.1) is 18.6 Å². The Morgan fingerprint density at radius 1 is 1.00 bits per heavy atom. The summed E-state index contributed by atoms with van der Waals surface area (Å²) in [5, 5.41) is 43.8. The van der Waals surface area contributed by atoms with Gasteiger partial charge in [-0.3, -0.25) is 28.9 Å². The number of hydrogen-bond donors (Lipinski definition) is 5. The predicted octanol–water partition coefficient (Wildman–Crippen LogP) is 1.64. The molecule has 60 heavy (non-hydrogen) atoms. The van der Waals surface area contributed by atoms with Gasteiger partial charge in [-0.15, -0.1) is 16.9 Å². The second-order valence-corrected chi connectivity index (χ2v) is 14.3. The molecule has 1 saturated heterocycles. The number of nitrogens with zero attached hydrogens (tertiary/aromatic N) is 5. The van der Waals surface area contributed by atoms with Crippen molar-refractivity contribution in [1.29, 1.82) is 0 Å². The van der Waals surface area contributed by atoms with Gasteiger partial charge < -0.3 is 49.3 Å². The third kappa shape index (κ3) is 9.10. The van der Waals surface area contributed by atoms with Crippen LogP contribution in [-0.4, -0.2) is 119 Å².